The minimum absolute atomic E-state index is 0.160. The molecule has 0 unspecified atom stereocenters. The first-order valence-corrected chi connectivity index (χ1v) is 11.3. The van der Waals surface area contributed by atoms with E-state index in [-0.39, 0.29) is 10.1 Å². The molecule has 9 heteroatoms. The van der Waals surface area contributed by atoms with E-state index in [1.165, 1.54) is 4.31 Å². The van der Waals surface area contributed by atoms with Crippen LogP contribution in [0.5, 0.6) is 0 Å². The average molecular weight is 406 g/mol. The van der Waals surface area contributed by atoms with E-state index in [0.29, 0.717) is 43.0 Å². The summed E-state index contributed by atoms with van der Waals surface area (Å²) in [5, 5.41) is 0. The van der Waals surface area contributed by atoms with E-state index in [0.717, 1.165) is 37.3 Å². The normalized spacial score (nSPS) is 21.6. The molecule has 0 radical (unpaired) electrons. The molecular weight excluding hydrogens is 382 g/mol. The second-order valence-corrected chi connectivity index (χ2v) is 10.7. The lowest BCUT2D eigenvalue weighted by Crippen LogP contribution is -2.52. The lowest BCUT2D eigenvalue weighted by molar-refractivity contribution is -0.134. The lowest BCUT2D eigenvalue weighted by Gasteiger charge is -2.36. The second kappa shape index (κ2) is 7.92. The number of likely N-dealkylation sites (tertiary alicyclic amines) is 1. The molecule has 2 saturated heterocycles. The fourth-order valence-electron chi connectivity index (χ4n) is 3.24. The van der Waals surface area contributed by atoms with Crippen LogP contribution < -0.4 is 0 Å². The standard InChI is InChI=1S/C16H24ClN3O3S2/c1-13-4-6-19(7-5-13)15(21)12-18-8-10-20(11-9-18)25(22,23)16-3-2-14(17)24-16/h2-3,13H,4-12H2,1H3. The van der Waals surface area contributed by atoms with E-state index in [2.05, 4.69) is 6.92 Å². The Hall–Kier alpha value is -0.670. The van der Waals surface area contributed by atoms with Crippen LogP contribution in [0.2, 0.25) is 4.34 Å². The molecule has 2 fully saturated rings. The highest BCUT2D eigenvalue weighted by Gasteiger charge is 2.31. The van der Waals surface area contributed by atoms with Crippen molar-refractivity contribution in [1.29, 1.82) is 0 Å². The lowest BCUT2D eigenvalue weighted by atomic mass is 9.99. The molecule has 0 spiro atoms. The molecule has 2 aliphatic rings. The molecule has 0 N–H and O–H groups in total. The Morgan fingerprint density at radius 1 is 1.16 bits per heavy atom. The van der Waals surface area contributed by atoms with Gasteiger partial charge in [0.2, 0.25) is 5.91 Å². The first-order valence-electron chi connectivity index (χ1n) is 8.62. The average Bonchev–Trinajstić information content (AvgIpc) is 3.03. The number of nitrogens with zero attached hydrogens (tertiary/aromatic N) is 3. The fraction of sp³-hybridized carbons (Fsp3) is 0.688. The van der Waals surface area contributed by atoms with Crippen molar-refractivity contribution in [3.05, 3.63) is 16.5 Å². The number of sulfonamides is 1. The van der Waals surface area contributed by atoms with Gasteiger partial charge in [0.05, 0.1) is 10.9 Å². The summed E-state index contributed by atoms with van der Waals surface area (Å²) in [6, 6.07) is 3.16. The van der Waals surface area contributed by atoms with Gasteiger partial charge >= 0.3 is 0 Å². The first kappa shape index (κ1) is 19.1. The third kappa shape index (κ3) is 4.54. The SMILES string of the molecule is CC1CCN(C(=O)CN2CCN(S(=O)(=O)c3ccc(Cl)s3)CC2)CC1. The molecule has 0 saturated carbocycles. The van der Waals surface area contributed by atoms with Crippen molar-refractivity contribution in [3.63, 3.8) is 0 Å². The van der Waals surface area contributed by atoms with E-state index in [9.17, 15) is 13.2 Å². The highest BCUT2D eigenvalue weighted by molar-refractivity contribution is 7.91. The molecule has 0 aliphatic carbocycles. The Labute approximate surface area is 158 Å². The number of piperidine rings is 1. The van der Waals surface area contributed by atoms with E-state index in [1.54, 1.807) is 12.1 Å². The van der Waals surface area contributed by atoms with Crippen LogP contribution in [0, 0.1) is 5.92 Å². The molecule has 3 heterocycles. The van der Waals surface area contributed by atoms with Crippen LogP contribution in [-0.4, -0.2) is 74.2 Å². The number of rotatable bonds is 4. The summed E-state index contributed by atoms with van der Waals surface area (Å²) in [5.74, 6) is 0.858. The van der Waals surface area contributed by atoms with Gasteiger partial charge in [0, 0.05) is 39.3 Å². The maximum absolute atomic E-state index is 12.6. The quantitative estimate of drug-likeness (QED) is 0.768. The predicted octanol–water partition coefficient (Wildman–Crippen LogP) is 1.97. The van der Waals surface area contributed by atoms with Crippen LogP contribution >= 0.6 is 22.9 Å². The van der Waals surface area contributed by atoms with Crippen LogP contribution in [0.15, 0.2) is 16.3 Å². The van der Waals surface area contributed by atoms with Crippen molar-refractivity contribution < 1.29 is 13.2 Å². The van der Waals surface area contributed by atoms with Crippen LogP contribution in [0.4, 0.5) is 0 Å². The van der Waals surface area contributed by atoms with Crippen molar-refractivity contribution in [2.24, 2.45) is 5.92 Å². The van der Waals surface area contributed by atoms with Gasteiger partial charge in [-0.1, -0.05) is 18.5 Å². The van der Waals surface area contributed by atoms with Gasteiger partial charge in [0.15, 0.2) is 0 Å². The molecule has 1 aromatic heterocycles. The zero-order valence-electron chi connectivity index (χ0n) is 14.4. The number of hydrogen-bond acceptors (Lipinski definition) is 5. The molecule has 0 aromatic carbocycles. The van der Waals surface area contributed by atoms with Crippen molar-refractivity contribution >= 4 is 38.9 Å². The highest BCUT2D eigenvalue weighted by atomic mass is 35.5. The van der Waals surface area contributed by atoms with Gasteiger partial charge in [-0.2, -0.15) is 4.31 Å². The largest absolute Gasteiger partial charge is 0.342 e. The molecule has 1 amide bonds. The van der Waals surface area contributed by atoms with Gasteiger partial charge in [-0.3, -0.25) is 9.69 Å². The zero-order chi connectivity index (χ0) is 18.0. The van der Waals surface area contributed by atoms with E-state index < -0.39 is 10.0 Å². The number of halogens is 1. The van der Waals surface area contributed by atoms with Crippen molar-refractivity contribution in [1.82, 2.24) is 14.1 Å². The van der Waals surface area contributed by atoms with Crippen molar-refractivity contribution in [3.8, 4) is 0 Å². The predicted molar refractivity (Wildman–Crippen MR) is 99.5 cm³/mol. The highest BCUT2D eigenvalue weighted by Crippen LogP contribution is 2.28. The first-order chi connectivity index (χ1) is 11.9. The smallest absolute Gasteiger partial charge is 0.252 e. The second-order valence-electron chi connectivity index (χ2n) is 6.80. The molecule has 2 aliphatic heterocycles. The Kier molecular flexibility index (Phi) is 6.05. The summed E-state index contributed by atoms with van der Waals surface area (Å²) < 4.78 is 27.4. The number of amides is 1. The molecule has 0 bridgehead atoms. The summed E-state index contributed by atoms with van der Waals surface area (Å²) >= 11 is 6.93. The third-order valence-corrected chi connectivity index (χ3v) is 8.57. The number of piperazine rings is 1. The van der Waals surface area contributed by atoms with Crippen molar-refractivity contribution in [2.75, 3.05) is 45.8 Å². The molecule has 6 nitrogen and oxygen atoms in total. The number of thiophene rings is 1. The minimum Gasteiger partial charge on any atom is -0.342 e. The van der Waals surface area contributed by atoms with Crippen molar-refractivity contribution in [2.45, 2.75) is 24.0 Å². The summed E-state index contributed by atoms with van der Waals surface area (Å²) in [5.41, 5.74) is 0. The Morgan fingerprint density at radius 2 is 1.80 bits per heavy atom. The maximum Gasteiger partial charge on any atom is 0.252 e. The number of carbonyl (C=O) groups is 1. The summed E-state index contributed by atoms with van der Waals surface area (Å²) in [6.07, 6.45) is 2.14. The van der Waals surface area contributed by atoms with E-state index in [4.69, 9.17) is 11.6 Å². The van der Waals surface area contributed by atoms with Crippen LogP contribution in [0.1, 0.15) is 19.8 Å². The Morgan fingerprint density at radius 3 is 2.36 bits per heavy atom. The van der Waals surface area contributed by atoms with Crippen LogP contribution in [0.3, 0.4) is 0 Å². The zero-order valence-corrected chi connectivity index (χ0v) is 16.7. The number of hydrogen-bond donors (Lipinski definition) is 0. The van der Waals surface area contributed by atoms with E-state index in [1.807, 2.05) is 9.80 Å². The molecule has 140 valence electrons. The van der Waals surface area contributed by atoms with Crippen LogP contribution in [-0.2, 0) is 14.8 Å². The molecule has 0 atom stereocenters. The van der Waals surface area contributed by atoms with Gasteiger partial charge in [-0.25, -0.2) is 8.42 Å². The molecule has 25 heavy (non-hydrogen) atoms. The summed E-state index contributed by atoms with van der Waals surface area (Å²) in [7, 11) is -3.47. The van der Waals surface area contributed by atoms with Gasteiger partial charge in [-0.05, 0) is 30.9 Å². The minimum atomic E-state index is -3.47. The summed E-state index contributed by atoms with van der Waals surface area (Å²) in [6.45, 7) is 6.25. The summed E-state index contributed by atoms with van der Waals surface area (Å²) in [4.78, 5) is 16.4. The fourth-order valence-corrected chi connectivity index (χ4v) is 6.30. The van der Waals surface area contributed by atoms with Gasteiger partial charge in [0.1, 0.15) is 4.21 Å². The van der Waals surface area contributed by atoms with Gasteiger partial charge in [0.25, 0.3) is 10.0 Å². The van der Waals surface area contributed by atoms with Gasteiger partial charge in [-0.15, -0.1) is 11.3 Å². The topological polar surface area (TPSA) is 60.9 Å². The Balaban J connectivity index is 1.51. The maximum atomic E-state index is 12.6. The van der Waals surface area contributed by atoms with E-state index >= 15 is 0 Å². The number of carbonyl (C=O) groups excluding carboxylic acids is 1. The molecule has 3 rings (SSSR count). The Bertz CT molecular complexity index is 706. The molecular formula is C16H24ClN3O3S2. The monoisotopic (exact) mass is 405 g/mol. The molecule has 1 aromatic rings. The van der Waals surface area contributed by atoms with Crippen LogP contribution in [0.25, 0.3) is 0 Å². The third-order valence-electron chi connectivity index (χ3n) is 4.97. The van der Waals surface area contributed by atoms with Gasteiger partial charge < -0.3 is 4.90 Å².